The maximum absolute atomic E-state index is 13.8. The molecule has 1 amide bonds. The Balaban J connectivity index is 1.88. The van der Waals surface area contributed by atoms with Gasteiger partial charge in [-0.15, -0.1) is 0 Å². The molecule has 6 heteroatoms. The fourth-order valence-corrected chi connectivity index (χ4v) is 5.47. The third kappa shape index (κ3) is 9.72. The maximum atomic E-state index is 13.8. The highest BCUT2D eigenvalue weighted by Crippen LogP contribution is 2.23. The van der Waals surface area contributed by atoms with Crippen LogP contribution in [0.3, 0.4) is 0 Å². The van der Waals surface area contributed by atoms with Crippen molar-refractivity contribution >= 4 is 23.2 Å². The number of carbonyl (C=O) groups excluding carboxylic acids is 1. The second kappa shape index (κ2) is 16.5. The number of imidazole rings is 1. The lowest BCUT2D eigenvalue weighted by molar-refractivity contribution is 0.0741. The van der Waals surface area contributed by atoms with E-state index in [4.69, 9.17) is 4.98 Å². The minimum atomic E-state index is 0.140. The first-order chi connectivity index (χ1) is 19.3. The van der Waals surface area contributed by atoms with E-state index in [9.17, 15) is 4.79 Å². The van der Waals surface area contributed by atoms with Crippen LogP contribution >= 0.6 is 0 Å². The summed E-state index contributed by atoms with van der Waals surface area (Å²) in [6.07, 6.45) is 14.5. The van der Waals surface area contributed by atoms with Crippen molar-refractivity contribution in [1.29, 1.82) is 0 Å². The molecule has 1 aromatic carbocycles. The van der Waals surface area contributed by atoms with Gasteiger partial charge in [-0.05, 0) is 93.8 Å². The Morgan fingerprint density at radius 3 is 2.40 bits per heavy atom. The highest BCUT2D eigenvalue weighted by atomic mass is 16.2. The average Bonchev–Trinajstić information content (AvgIpc) is 3.28. The van der Waals surface area contributed by atoms with Crippen LogP contribution < -0.4 is 0 Å². The molecule has 0 saturated carbocycles. The van der Waals surface area contributed by atoms with Gasteiger partial charge in [-0.2, -0.15) is 0 Å². The summed E-state index contributed by atoms with van der Waals surface area (Å²) >= 11 is 0. The van der Waals surface area contributed by atoms with Crippen LogP contribution in [-0.2, 0) is 13.0 Å². The van der Waals surface area contributed by atoms with Gasteiger partial charge >= 0.3 is 0 Å². The molecule has 0 unspecified atom stereocenters. The number of aliphatic imine (C=N–C) groups is 1. The van der Waals surface area contributed by atoms with Gasteiger partial charge in [0.25, 0.3) is 5.91 Å². The Labute approximate surface area is 243 Å². The molecule has 0 aliphatic carbocycles. The number of amides is 1. The molecule has 1 aromatic heterocycles. The van der Waals surface area contributed by atoms with Crippen molar-refractivity contribution in [3.05, 3.63) is 53.9 Å². The van der Waals surface area contributed by atoms with E-state index in [0.29, 0.717) is 11.8 Å². The highest BCUT2D eigenvalue weighted by molar-refractivity contribution is 5.97. The van der Waals surface area contributed by atoms with Crippen LogP contribution in [0, 0.1) is 11.8 Å². The van der Waals surface area contributed by atoms with Gasteiger partial charge in [-0.25, -0.2) is 4.98 Å². The molecule has 0 bridgehead atoms. The van der Waals surface area contributed by atoms with Gasteiger partial charge < -0.3 is 14.4 Å². The Morgan fingerprint density at radius 1 is 1.07 bits per heavy atom. The van der Waals surface area contributed by atoms with Crippen LogP contribution in [0.15, 0.2) is 47.5 Å². The topological polar surface area (TPSA) is 53.7 Å². The summed E-state index contributed by atoms with van der Waals surface area (Å²) < 4.78 is 2.37. The summed E-state index contributed by atoms with van der Waals surface area (Å²) in [6.45, 7) is 18.8. The lowest BCUT2D eigenvalue weighted by Gasteiger charge is -2.26. The van der Waals surface area contributed by atoms with Gasteiger partial charge in [0.15, 0.2) is 0 Å². The number of nitrogens with zero attached hydrogens (tertiary/aromatic N) is 5. The third-order valence-electron chi connectivity index (χ3n) is 7.88. The number of hydrogen-bond donors (Lipinski definition) is 0. The summed E-state index contributed by atoms with van der Waals surface area (Å²) in [5, 5.41) is 0. The second-order valence-electron chi connectivity index (χ2n) is 12.2. The third-order valence-corrected chi connectivity index (χ3v) is 7.88. The van der Waals surface area contributed by atoms with E-state index in [1.54, 1.807) is 7.05 Å². The molecular weight excluding hydrogens is 494 g/mol. The van der Waals surface area contributed by atoms with E-state index < -0.39 is 0 Å². The van der Waals surface area contributed by atoms with Crippen molar-refractivity contribution in [2.45, 2.75) is 85.6 Å². The molecule has 40 heavy (non-hydrogen) atoms. The number of aromatic nitrogens is 2. The molecule has 6 nitrogen and oxygen atoms in total. The number of fused-ring (bicyclic) bond motifs is 1. The van der Waals surface area contributed by atoms with Crippen molar-refractivity contribution in [3.8, 4) is 0 Å². The van der Waals surface area contributed by atoms with Gasteiger partial charge in [0.2, 0.25) is 0 Å². The monoisotopic (exact) mass is 547 g/mol. The molecule has 1 saturated heterocycles. The smallest absolute Gasteiger partial charge is 0.253 e. The number of allylic oxidation sites excluding steroid dienone is 3. The SMILES string of the molecule is C=C/C=C(\C=NC)CCc1nc2ccc(C(=O)N(CCC(C)C)CCC(C)C)cc2n1CCCN1CCCCC1. The highest BCUT2D eigenvalue weighted by Gasteiger charge is 2.20. The average molecular weight is 548 g/mol. The standard InChI is InChI=1S/C34H53N5O/c1-7-12-29(26-35-6)13-16-33-36-31-15-14-30(34(40)38(23-17-27(2)3)24-18-28(4)5)25-32(31)39(33)22-11-21-37-19-9-8-10-20-37/h7,12,14-15,25-28H,1,8-11,13,16-24H2,2-6H3/b29-12-,35-26?. The first-order valence-corrected chi connectivity index (χ1v) is 15.6. The second-order valence-corrected chi connectivity index (χ2v) is 12.2. The molecule has 0 spiro atoms. The number of hydrogen-bond acceptors (Lipinski definition) is 4. The Morgan fingerprint density at radius 2 is 1.77 bits per heavy atom. The van der Waals surface area contributed by atoms with Crippen LogP contribution in [0.2, 0.25) is 0 Å². The quantitative estimate of drug-likeness (QED) is 0.165. The first-order valence-electron chi connectivity index (χ1n) is 15.6. The van der Waals surface area contributed by atoms with E-state index >= 15 is 0 Å². The summed E-state index contributed by atoms with van der Waals surface area (Å²) in [5.74, 6) is 2.35. The number of likely N-dealkylation sites (tertiary alicyclic amines) is 1. The van der Waals surface area contributed by atoms with E-state index in [0.717, 1.165) is 86.3 Å². The van der Waals surface area contributed by atoms with Gasteiger partial charge in [-0.1, -0.05) is 52.8 Å². The predicted octanol–water partition coefficient (Wildman–Crippen LogP) is 7.19. The number of rotatable bonds is 16. The molecule has 220 valence electrons. The van der Waals surface area contributed by atoms with Gasteiger partial charge in [0, 0.05) is 44.9 Å². The zero-order chi connectivity index (χ0) is 28.9. The summed E-state index contributed by atoms with van der Waals surface area (Å²) in [5.41, 5.74) is 3.96. The largest absolute Gasteiger partial charge is 0.339 e. The summed E-state index contributed by atoms with van der Waals surface area (Å²) in [6, 6.07) is 6.12. The lowest BCUT2D eigenvalue weighted by atomic mass is 10.1. The normalized spacial score (nSPS) is 15.1. The van der Waals surface area contributed by atoms with E-state index in [2.05, 4.69) is 59.7 Å². The lowest BCUT2D eigenvalue weighted by Crippen LogP contribution is -2.34. The van der Waals surface area contributed by atoms with Crippen LogP contribution in [-0.4, -0.2) is 71.2 Å². The number of carbonyl (C=O) groups is 1. The molecule has 1 fully saturated rings. The zero-order valence-corrected chi connectivity index (χ0v) is 25.9. The van der Waals surface area contributed by atoms with Crippen LogP contribution in [0.5, 0.6) is 0 Å². The predicted molar refractivity (Wildman–Crippen MR) is 170 cm³/mol. The van der Waals surface area contributed by atoms with E-state index in [-0.39, 0.29) is 5.91 Å². The van der Waals surface area contributed by atoms with Crippen LogP contribution in [0.4, 0.5) is 0 Å². The Kier molecular flexibility index (Phi) is 13.1. The Bertz CT molecular complexity index is 1120. The van der Waals surface area contributed by atoms with Crippen molar-refractivity contribution in [2.75, 3.05) is 39.8 Å². The molecule has 1 aliphatic rings. The maximum Gasteiger partial charge on any atom is 0.253 e. The number of piperidine rings is 1. The molecule has 0 N–H and O–H groups in total. The van der Waals surface area contributed by atoms with E-state index in [1.807, 2.05) is 30.5 Å². The molecule has 1 aliphatic heterocycles. The molecule has 0 radical (unpaired) electrons. The van der Waals surface area contributed by atoms with Crippen LogP contribution in [0.1, 0.15) is 88.8 Å². The summed E-state index contributed by atoms with van der Waals surface area (Å²) in [7, 11) is 1.80. The van der Waals surface area contributed by atoms with Gasteiger partial charge in [0.05, 0.1) is 11.0 Å². The van der Waals surface area contributed by atoms with Gasteiger partial charge in [0.1, 0.15) is 5.82 Å². The minimum Gasteiger partial charge on any atom is -0.339 e. The Hall–Kier alpha value is -2.73. The molecule has 0 atom stereocenters. The number of benzene rings is 1. The molecule has 2 aromatic rings. The minimum absolute atomic E-state index is 0.140. The fourth-order valence-electron chi connectivity index (χ4n) is 5.47. The van der Waals surface area contributed by atoms with Crippen molar-refractivity contribution in [3.63, 3.8) is 0 Å². The fraction of sp³-hybridized carbons (Fsp3) is 0.618. The molecular formula is C34H53N5O. The first kappa shape index (κ1) is 31.8. The molecule has 3 rings (SSSR count). The zero-order valence-electron chi connectivity index (χ0n) is 25.9. The van der Waals surface area contributed by atoms with Crippen molar-refractivity contribution < 1.29 is 4.79 Å². The van der Waals surface area contributed by atoms with Gasteiger partial charge in [-0.3, -0.25) is 9.79 Å². The van der Waals surface area contributed by atoms with Crippen LogP contribution in [0.25, 0.3) is 11.0 Å². The van der Waals surface area contributed by atoms with Crippen molar-refractivity contribution in [2.24, 2.45) is 16.8 Å². The summed E-state index contributed by atoms with van der Waals surface area (Å²) in [4.78, 5) is 27.7. The van der Waals surface area contributed by atoms with E-state index in [1.165, 1.54) is 32.4 Å². The molecule has 2 heterocycles. The van der Waals surface area contributed by atoms with Crippen molar-refractivity contribution in [1.82, 2.24) is 19.4 Å². The number of aryl methyl sites for hydroxylation is 2.